The van der Waals surface area contributed by atoms with Crippen molar-refractivity contribution in [1.82, 2.24) is 0 Å². The highest BCUT2D eigenvalue weighted by Gasteiger charge is 2.26. The van der Waals surface area contributed by atoms with Gasteiger partial charge in [0, 0.05) is 5.56 Å². The maximum Gasteiger partial charge on any atom is 0.178 e. The lowest BCUT2D eigenvalue weighted by Gasteiger charge is -2.19. The van der Waals surface area contributed by atoms with E-state index < -0.39 is 0 Å². The summed E-state index contributed by atoms with van der Waals surface area (Å²) in [7, 11) is 0. The van der Waals surface area contributed by atoms with E-state index in [1.165, 1.54) is 0 Å². The van der Waals surface area contributed by atoms with E-state index in [0.29, 0.717) is 10.6 Å². The third-order valence-electron chi connectivity index (χ3n) is 2.30. The van der Waals surface area contributed by atoms with Crippen molar-refractivity contribution in [3.05, 3.63) is 34.3 Å². The van der Waals surface area contributed by atoms with E-state index in [9.17, 15) is 4.79 Å². The summed E-state index contributed by atoms with van der Waals surface area (Å²) in [6.07, 6.45) is 1.80. The number of fused-ring (bicyclic) bond motifs is 1. The van der Waals surface area contributed by atoms with Crippen LogP contribution in [0.25, 0.3) is 0 Å². The van der Waals surface area contributed by atoms with Crippen molar-refractivity contribution in [3.63, 3.8) is 0 Å². The van der Waals surface area contributed by atoms with Gasteiger partial charge < -0.3 is 0 Å². The van der Waals surface area contributed by atoms with E-state index in [0.717, 1.165) is 18.4 Å². The molecule has 0 radical (unpaired) electrons. The molecule has 1 nitrogen and oxygen atoms in total. The van der Waals surface area contributed by atoms with Gasteiger partial charge in [0.25, 0.3) is 0 Å². The molecule has 0 amide bonds. The second-order valence-corrected chi connectivity index (χ2v) is 4.66. The number of rotatable bonds is 0. The van der Waals surface area contributed by atoms with Gasteiger partial charge in [-0.25, -0.2) is 0 Å². The predicted molar refractivity (Wildman–Crippen MR) is 56.8 cm³/mol. The van der Waals surface area contributed by atoms with E-state index in [2.05, 4.69) is 15.9 Å². The Kier molecular flexibility index (Phi) is 2.43. The third-order valence-corrected chi connectivity index (χ3v) is 3.49. The Morgan fingerprint density at radius 2 is 2.23 bits per heavy atom. The van der Waals surface area contributed by atoms with E-state index in [4.69, 9.17) is 11.6 Å². The fourth-order valence-corrected chi connectivity index (χ4v) is 2.37. The molecule has 1 atom stereocenters. The van der Waals surface area contributed by atoms with Crippen LogP contribution in [0, 0.1) is 0 Å². The van der Waals surface area contributed by atoms with Crippen molar-refractivity contribution >= 4 is 33.3 Å². The topological polar surface area (TPSA) is 17.1 Å². The third kappa shape index (κ3) is 1.53. The average molecular weight is 260 g/mol. The van der Waals surface area contributed by atoms with Gasteiger partial charge in [0.1, 0.15) is 0 Å². The second kappa shape index (κ2) is 3.43. The first-order valence-electron chi connectivity index (χ1n) is 4.16. The lowest BCUT2D eigenvalue weighted by molar-refractivity contribution is 0.0982. The highest BCUT2D eigenvalue weighted by molar-refractivity contribution is 9.10. The van der Waals surface area contributed by atoms with E-state index >= 15 is 0 Å². The van der Waals surface area contributed by atoms with Crippen LogP contribution in [-0.4, -0.2) is 10.6 Å². The van der Waals surface area contributed by atoms with Gasteiger partial charge in [0.05, 0.1) is 9.85 Å². The Hall–Kier alpha value is -0.340. The normalized spacial score (nSPS) is 21.4. The minimum atomic E-state index is -0.0556. The molecule has 0 bridgehead atoms. The number of carbonyl (C=O) groups excluding carboxylic acids is 1. The molecule has 0 N–H and O–H groups in total. The van der Waals surface area contributed by atoms with Gasteiger partial charge in [-0.3, -0.25) is 4.79 Å². The molecule has 0 aliphatic heterocycles. The first kappa shape index (κ1) is 9.22. The van der Waals surface area contributed by atoms with Crippen LogP contribution in [-0.2, 0) is 6.42 Å². The molecule has 13 heavy (non-hydrogen) atoms. The smallest absolute Gasteiger partial charge is 0.178 e. The molecule has 0 saturated carbocycles. The molecule has 0 heterocycles. The van der Waals surface area contributed by atoms with Crippen LogP contribution in [0.5, 0.6) is 0 Å². The van der Waals surface area contributed by atoms with Crippen molar-refractivity contribution in [2.45, 2.75) is 17.7 Å². The minimum Gasteiger partial charge on any atom is -0.293 e. The van der Waals surface area contributed by atoms with E-state index in [1.807, 2.05) is 12.1 Å². The number of aryl methyl sites for hydroxylation is 1. The van der Waals surface area contributed by atoms with Crippen molar-refractivity contribution in [2.24, 2.45) is 0 Å². The van der Waals surface area contributed by atoms with E-state index in [1.54, 1.807) is 6.07 Å². The molecule has 1 aliphatic rings. The van der Waals surface area contributed by atoms with Crippen LogP contribution in [0.4, 0.5) is 0 Å². The first-order chi connectivity index (χ1) is 6.20. The molecule has 0 fully saturated rings. The van der Waals surface area contributed by atoms with Crippen molar-refractivity contribution in [2.75, 3.05) is 0 Å². The lowest BCUT2D eigenvalue weighted by atomic mass is 9.91. The zero-order chi connectivity index (χ0) is 9.42. The summed E-state index contributed by atoms with van der Waals surface area (Å²) in [6.45, 7) is 0. The van der Waals surface area contributed by atoms with Gasteiger partial charge in [0.2, 0.25) is 0 Å². The van der Waals surface area contributed by atoms with Gasteiger partial charge in [-0.05, 0) is 24.5 Å². The zero-order valence-corrected chi connectivity index (χ0v) is 9.23. The van der Waals surface area contributed by atoms with Crippen LogP contribution < -0.4 is 0 Å². The maximum absolute atomic E-state index is 11.7. The number of hydrogen-bond acceptors (Lipinski definition) is 1. The molecule has 0 spiro atoms. The number of hydrogen-bond donors (Lipinski definition) is 0. The summed E-state index contributed by atoms with van der Waals surface area (Å²) in [6, 6.07) is 5.63. The van der Waals surface area contributed by atoms with Crippen molar-refractivity contribution < 1.29 is 4.79 Å². The summed E-state index contributed by atoms with van der Waals surface area (Å²) in [5, 5.41) is 0.576. The minimum absolute atomic E-state index is 0.0556. The van der Waals surface area contributed by atoms with Crippen molar-refractivity contribution in [1.29, 1.82) is 0 Å². The average Bonchev–Trinajstić information content (AvgIpc) is 2.12. The number of benzene rings is 1. The monoisotopic (exact) mass is 258 g/mol. The second-order valence-electron chi connectivity index (χ2n) is 3.14. The van der Waals surface area contributed by atoms with E-state index in [-0.39, 0.29) is 10.6 Å². The molecule has 1 unspecified atom stereocenters. The zero-order valence-electron chi connectivity index (χ0n) is 6.89. The largest absolute Gasteiger partial charge is 0.293 e. The standard InChI is InChI=1S/C10H8BrClO/c11-7-5-4-6-2-1-3-8(12)9(6)10(7)13/h1-3,7H,4-5H2. The summed E-state index contributed by atoms with van der Waals surface area (Å²) < 4.78 is 0. The van der Waals surface area contributed by atoms with Crippen LogP contribution in [0.15, 0.2) is 18.2 Å². The molecular formula is C10H8BrClO. The molecule has 3 heteroatoms. The molecule has 68 valence electrons. The number of halogens is 2. The van der Waals surface area contributed by atoms with Gasteiger partial charge in [-0.2, -0.15) is 0 Å². The molecular weight excluding hydrogens is 251 g/mol. The van der Waals surface area contributed by atoms with Gasteiger partial charge >= 0.3 is 0 Å². The predicted octanol–water partition coefficient (Wildman–Crippen LogP) is 3.23. The molecule has 2 rings (SSSR count). The summed E-state index contributed by atoms with van der Waals surface area (Å²) in [5.74, 6) is 0.117. The lowest BCUT2D eigenvalue weighted by Crippen LogP contribution is -2.22. The fourth-order valence-electron chi connectivity index (χ4n) is 1.62. The molecule has 1 aromatic carbocycles. The fraction of sp³-hybridized carbons (Fsp3) is 0.300. The SMILES string of the molecule is O=C1c2c(Cl)cccc2CCC1Br. The Balaban J connectivity index is 2.57. The van der Waals surface area contributed by atoms with Gasteiger partial charge in [0.15, 0.2) is 5.78 Å². The van der Waals surface area contributed by atoms with Crippen LogP contribution >= 0.6 is 27.5 Å². The van der Waals surface area contributed by atoms with Crippen LogP contribution in [0.3, 0.4) is 0 Å². The van der Waals surface area contributed by atoms with Gasteiger partial charge in [-0.1, -0.05) is 39.7 Å². The number of Topliss-reactive ketones (excluding diaryl/α,β-unsaturated/α-hetero) is 1. The Labute approximate surface area is 90.2 Å². The maximum atomic E-state index is 11.7. The molecule has 0 saturated heterocycles. The number of alkyl halides is 1. The summed E-state index contributed by atoms with van der Waals surface area (Å²) in [4.78, 5) is 11.7. The first-order valence-corrected chi connectivity index (χ1v) is 5.45. The van der Waals surface area contributed by atoms with Gasteiger partial charge in [-0.15, -0.1) is 0 Å². The molecule has 1 aliphatic carbocycles. The number of ketones is 1. The summed E-state index contributed by atoms with van der Waals surface area (Å²) >= 11 is 9.31. The Bertz CT molecular complexity index is 362. The van der Waals surface area contributed by atoms with Crippen LogP contribution in [0.2, 0.25) is 5.02 Å². The van der Waals surface area contributed by atoms with Crippen molar-refractivity contribution in [3.8, 4) is 0 Å². The highest BCUT2D eigenvalue weighted by atomic mass is 79.9. The Morgan fingerprint density at radius 3 is 3.00 bits per heavy atom. The number of carbonyl (C=O) groups is 1. The summed E-state index contributed by atoms with van der Waals surface area (Å²) in [5.41, 5.74) is 1.78. The highest BCUT2D eigenvalue weighted by Crippen LogP contribution is 2.30. The quantitative estimate of drug-likeness (QED) is 0.654. The van der Waals surface area contributed by atoms with Crippen LogP contribution in [0.1, 0.15) is 22.3 Å². The molecule has 0 aromatic heterocycles. The molecule has 1 aromatic rings. The Morgan fingerprint density at radius 1 is 1.46 bits per heavy atom.